The summed E-state index contributed by atoms with van der Waals surface area (Å²) in [6.45, 7) is 2.46. The van der Waals surface area contributed by atoms with Gasteiger partial charge in [-0.15, -0.1) is 0 Å². The Morgan fingerprint density at radius 2 is 2.15 bits per heavy atom. The van der Waals surface area contributed by atoms with Gasteiger partial charge in [0.15, 0.2) is 0 Å². The van der Waals surface area contributed by atoms with Crippen LogP contribution in [0.2, 0.25) is 0 Å². The lowest BCUT2D eigenvalue weighted by Gasteiger charge is -2.09. The molecule has 20 heavy (non-hydrogen) atoms. The normalized spacial score (nSPS) is 15.1. The molecule has 2 rings (SSSR count). The number of nitrogens with one attached hydrogen (secondary N) is 1. The van der Waals surface area contributed by atoms with Crippen molar-refractivity contribution in [2.45, 2.75) is 24.7 Å². The summed E-state index contributed by atoms with van der Waals surface area (Å²) in [7, 11) is -3.55. The molecule has 0 aromatic heterocycles. The average molecular weight is 362 g/mol. The molecule has 0 amide bonds. The summed E-state index contributed by atoms with van der Waals surface area (Å²) >= 11 is 3.20. The van der Waals surface area contributed by atoms with Gasteiger partial charge in [0.2, 0.25) is 10.0 Å². The number of rotatable bonds is 6. The van der Waals surface area contributed by atoms with E-state index >= 15 is 0 Å². The number of carbonyl (C=O) groups is 1. The quantitative estimate of drug-likeness (QED) is 0.789. The Morgan fingerprint density at radius 1 is 1.45 bits per heavy atom. The molecule has 0 saturated heterocycles. The Kier molecular flexibility index (Phi) is 4.82. The molecule has 1 aliphatic carbocycles. The monoisotopic (exact) mass is 361 g/mol. The smallest absolute Gasteiger partial charge is 0.338 e. The third-order valence-corrected chi connectivity index (χ3v) is 5.39. The van der Waals surface area contributed by atoms with Crippen LogP contribution in [0.15, 0.2) is 27.6 Å². The van der Waals surface area contributed by atoms with Crippen LogP contribution in [-0.4, -0.2) is 27.5 Å². The third kappa shape index (κ3) is 3.80. The summed E-state index contributed by atoms with van der Waals surface area (Å²) in [4.78, 5) is 11.7. The summed E-state index contributed by atoms with van der Waals surface area (Å²) < 4.78 is 32.1. The highest BCUT2D eigenvalue weighted by Crippen LogP contribution is 2.29. The van der Waals surface area contributed by atoms with Crippen molar-refractivity contribution >= 4 is 31.9 Å². The number of esters is 1. The number of carbonyl (C=O) groups excluding carboxylic acids is 1. The van der Waals surface area contributed by atoms with E-state index in [-0.39, 0.29) is 11.5 Å². The van der Waals surface area contributed by atoms with E-state index in [0.29, 0.717) is 22.5 Å². The fraction of sp³-hybridized carbons (Fsp3) is 0.462. The van der Waals surface area contributed by atoms with Gasteiger partial charge in [0, 0.05) is 11.0 Å². The van der Waals surface area contributed by atoms with Crippen molar-refractivity contribution in [3.8, 4) is 0 Å². The number of benzene rings is 1. The fourth-order valence-electron chi connectivity index (χ4n) is 1.69. The van der Waals surface area contributed by atoms with Gasteiger partial charge in [-0.25, -0.2) is 17.9 Å². The maximum absolute atomic E-state index is 12.1. The zero-order chi connectivity index (χ0) is 14.8. The van der Waals surface area contributed by atoms with Crippen LogP contribution in [0.3, 0.4) is 0 Å². The Morgan fingerprint density at radius 3 is 2.70 bits per heavy atom. The lowest BCUT2D eigenvalue weighted by molar-refractivity contribution is 0.0526. The van der Waals surface area contributed by atoms with Crippen LogP contribution in [0, 0.1) is 5.92 Å². The van der Waals surface area contributed by atoms with Crippen LogP contribution in [0.1, 0.15) is 30.1 Å². The fourth-order valence-corrected chi connectivity index (χ4v) is 3.88. The highest BCUT2D eigenvalue weighted by atomic mass is 79.9. The van der Waals surface area contributed by atoms with Gasteiger partial charge in [-0.05, 0) is 59.8 Å². The molecule has 0 bridgehead atoms. The molecule has 0 unspecified atom stereocenters. The molecule has 1 fully saturated rings. The van der Waals surface area contributed by atoms with Crippen LogP contribution in [-0.2, 0) is 14.8 Å². The highest BCUT2D eigenvalue weighted by Gasteiger charge is 2.25. The van der Waals surface area contributed by atoms with Gasteiger partial charge in [-0.2, -0.15) is 0 Å². The molecule has 0 spiro atoms. The second kappa shape index (κ2) is 6.24. The van der Waals surface area contributed by atoms with E-state index in [2.05, 4.69) is 20.7 Å². The number of sulfonamides is 1. The lowest BCUT2D eigenvalue weighted by atomic mass is 10.2. The molecule has 0 atom stereocenters. The van der Waals surface area contributed by atoms with Crippen molar-refractivity contribution in [2.75, 3.05) is 13.2 Å². The Balaban J connectivity index is 2.17. The van der Waals surface area contributed by atoms with E-state index in [9.17, 15) is 13.2 Å². The van der Waals surface area contributed by atoms with Gasteiger partial charge in [0.1, 0.15) is 0 Å². The van der Waals surface area contributed by atoms with Crippen molar-refractivity contribution in [1.29, 1.82) is 0 Å². The first kappa shape index (κ1) is 15.5. The van der Waals surface area contributed by atoms with Crippen molar-refractivity contribution in [3.05, 3.63) is 28.2 Å². The van der Waals surface area contributed by atoms with Crippen molar-refractivity contribution in [3.63, 3.8) is 0 Å². The molecule has 0 heterocycles. The minimum absolute atomic E-state index is 0.131. The lowest BCUT2D eigenvalue weighted by Crippen LogP contribution is -2.26. The van der Waals surface area contributed by atoms with E-state index in [0.717, 1.165) is 12.8 Å². The Hall–Kier alpha value is -0.920. The van der Waals surface area contributed by atoms with Crippen LogP contribution < -0.4 is 4.72 Å². The molecule has 110 valence electrons. The minimum Gasteiger partial charge on any atom is -0.462 e. The molecule has 5 nitrogen and oxygen atoms in total. The number of ether oxygens (including phenoxy) is 1. The summed E-state index contributed by atoms with van der Waals surface area (Å²) in [6.07, 6.45) is 2.15. The van der Waals surface area contributed by atoms with Crippen LogP contribution in [0.4, 0.5) is 0 Å². The molecule has 1 aromatic rings. The molecular formula is C13H16BrNO4S. The minimum atomic E-state index is -3.55. The van der Waals surface area contributed by atoms with Crippen LogP contribution in [0.25, 0.3) is 0 Å². The molecule has 0 radical (unpaired) electrons. The first-order chi connectivity index (χ1) is 9.44. The third-order valence-electron chi connectivity index (χ3n) is 2.99. The van der Waals surface area contributed by atoms with Crippen LogP contribution in [0.5, 0.6) is 0 Å². The molecular weight excluding hydrogens is 346 g/mol. The molecule has 7 heteroatoms. The van der Waals surface area contributed by atoms with Gasteiger partial charge in [-0.1, -0.05) is 0 Å². The number of hydrogen-bond donors (Lipinski definition) is 1. The standard InChI is InChI=1S/C13H16BrNO4S/c1-2-19-13(16)10-5-6-12(11(14)7-10)20(17,18)15-8-9-3-4-9/h5-7,9,15H,2-4,8H2,1H3. The SMILES string of the molecule is CCOC(=O)c1ccc(S(=O)(=O)NCC2CC2)c(Br)c1. The second-order valence-electron chi connectivity index (χ2n) is 4.66. The van der Waals surface area contributed by atoms with Crippen molar-refractivity contribution < 1.29 is 17.9 Å². The maximum Gasteiger partial charge on any atom is 0.338 e. The predicted molar refractivity (Wildman–Crippen MR) is 78.0 cm³/mol. The van der Waals surface area contributed by atoms with E-state index < -0.39 is 16.0 Å². The molecule has 1 aliphatic rings. The summed E-state index contributed by atoms with van der Waals surface area (Å²) in [5.41, 5.74) is 0.319. The van der Waals surface area contributed by atoms with E-state index in [1.54, 1.807) is 6.92 Å². The maximum atomic E-state index is 12.1. The van der Waals surface area contributed by atoms with Gasteiger partial charge >= 0.3 is 5.97 Å². The summed E-state index contributed by atoms with van der Waals surface area (Å²) in [5.74, 6) is -0.00885. The van der Waals surface area contributed by atoms with Gasteiger partial charge in [-0.3, -0.25) is 0 Å². The average Bonchev–Trinajstić information content (AvgIpc) is 3.20. The largest absolute Gasteiger partial charge is 0.462 e. The molecule has 1 aromatic carbocycles. The number of halogens is 1. The van der Waals surface area contributed by atoms with Crippen molar-refractivity contribution in [1.82, 2.24) is 4.72 Å². The van der Waals surface area contributed by atoms with E-state index in [1.165, 1.54) is 18.2 Å². The van der Waals surface area contributed by atoms with Gasteiger partial charge < -0.3 is 4.74 Å². The molecule has 1 saturated carbocycles. The molecule has 0 aliphatic heterocycles. The van der Waals surface area contributed by atoms with Gasteiger partial charge in [0.05, 0.1) is 17.1 Å². The Bertz CT molecular complexity index is 611. The summed E-state index contributed by atoms with van der Waals surface area (Å²) in [6, 6.07) is 4.32. The zero-order valence-electron chi connectivity index (χ0n) is 11.1. The predicted octanol–water partition coefficient (Wildman–Crippen LogP) is 2.31. The van der Waals surface area contributed by atoms with Crippen molar-refractivity contribution in [2.24, 2.45) is 5.92 Å². The first-order valence-corrected chi connectivity index (χ1v) is 8.68. The van der Waals surface area contributed by atoms with E-state index in [4.69, 9.17) is 4.74 Å². The van der Waals surface area contributed by atoms with Crippen LogP contribution >= 0.6 is 15.9 Å². The number of hydrogen-bond acceptors (Lipinski definition) is 4. The topological polar surface area (TPSA) is 72.5 Å². The second-order valence-corrected chi connectivity index (χ2v) is 7.25. The van der Waals surface area contributed by atoms with E-state index in [1.807, 2.05) is 0 Å². The summed E-state index contributed by atoms with van der Waals surface area (Å²) in [5, 5.41) is 0. The molecule has 1 N–H and O–H groups in total. The van der Waals surface area contributed by atoms with Gasteiger partial charge in [0.25, 0.3) is 0 Å². The zero-order valence-corrected chi connectivity index (χ0v) is 13.5. The Labute approximate surface area is 126 Å². The highest BCUT2D eigenvalue weighted by molar-refractivity contribution is 9.10. The first-order valence-electron chi connectivity index (χ1n) is 6.40.